The van der Waals surface area contributed by atoms with Gasteiger partial charge in [0.1, 0.15) is 12.2 Å². The van der Waals surface area contributed by atoms with Gasteiger partial charge in [0.25, 0.3) is 5.17 Å². The lowest BCUT2D eigenvalue weighted by Crippen LogP contribution is -2.37. The molecule has 6 nitrogen and oxygen atoms in total. The van der Waals surface area contributed by atoms with Crippen LogP contribution >= 0.6 is 12.2 Å². The number of thiocarbonyl (C=S) groups is 1. The molecule has 0 spiro atoms. The molecule has 1 aromatic rings. The van der Waals surface area contributed by atoms with E-state index in [0.29, 0.717) is 24.8 Å². The highest BCUT2D eigenvalue weighted by molar-refractivity contribution is 7.80. The average Bonchev–Trinajstić information content (AvgIpc) is 2.97. The first-order chi connectivity index (χ1) is 12.5. The van der Waals surface area contributed by atoms with Gasteiger partial charge in [-0.15, -0.1) is 0 Å². The van der Waals surface area contributed by atoms with E-state index in [4.69, 9.17) is 31.2 Å². The van der Waals surface area contributed by atoms with Crippen molar-refractivity contribution >= 4 is 23.4 Å². The number of hydrogen-bond acceptors (Lipinski definition) is 6. The summed E-state index contributed by atoms with van der Waals surface area (Å²) in [6.45, 7) is 7.75. The predicted molar refractivity (Wildman–Crippen MR) is 102 cm³/mol. The van der Waals surface area contributed by atoms with E-state index in [9.17, 15) is 4.79 Å². The lowest BCUT2D eigenvalue weighted by Gasteiger charge is -2.26. The van der Waals surface area contributed by atoms with Crippen molar-refractivity contribution in [2.45, 2.75) is 52.3 Å². The molecule has 1 aliphatic heterocycles. The van der Waals surface area contributed by atoms with Crippen LogP contribution in [0.3, 0.4) is 0 Å². The minimum Gasteiger partial charge on any atom is -0.464 e. The molecule has 0 aliphatic carbocycles. The summed E-state index contributed by atoms with van der Waals surface area (Å²) < 4.78 is 22.7. The van der Waals surface area contributed by atoms with Crippen LogP contribution in [-0.4, -0.2) is 54.2 Å². The fraction of sp³-hybridized carbons (Fsp3) is 0.579. The minimum absolute atomic E-state index is 0.316. The second-order valence-corrected chi connectivity index (χ2v) is 6.39. The third-order valence-electron chi connectivity index (χ3n) is 4.13. The van der Waals surface area contributed by atoms with Gasteiger partial charge in [-0.2, -0.15) is 0 Å². The van der Waals surface area contributed by atoms with Crippen LogP contribution in [0.4, 0.5) is 0 Å². The molecular formula is C19H27NO5S. The Bertz CT molecular complexity index is 579. The van der Waals surface area contributed by atoms with Gasteiger partial charge >= 0.3 is 5.97 Å². The maximum atomic E-state index is 11.2. The molecule has 1 heterocycles. The van der Waals surface area contributed by atoms with Gasteiger partial charge < -0.3 is 23.8 Å². The lowest BCUT2D eigenvalue weighted by atomic mass is 10.2. The normalized spacial score (nSPS) is 22.0. The highest BCUT2D eigenvalue weighted by Crippen LogP contribution is 2.26. The molecule has 1 unspecified atom stereocenters. The van der Waals surface area contributed by atoms with Crippen molar-refractivity contribution in [1.29, 1.82) is 0 Å². The lowest BCUT2D eigenvalue weighted by molar-refractivity contribution is -0.176. The van der Waals surface area contributed by atoms with Gasteiger partial charge in [-0.25, -0.2) is 0 Å². The molecule has 0 radical (unpaired) electrons. The second-order valence-electron chi connectivity index (χ2n) is 6.04. The van der Waals surface area contributed by atoms with Crippen LogP contribution in [0.15, 0.2) is 30.3 Å². The van der Waals surface area contributed by atoms with E-state index < -0.39 is 6.29 Å². The highest BCUT2D eigenvalue weighted by atomic mass is 32.1. The summed E-state index contributed by atoms with van der Waals surface area (Å²) in [4.78, 5) is 13.2. The van der Waals surface area contributed by atoms with Gasteiger partial charge in [0.05, 0.1) is 13.2 Å². The summed E-state index contributed by atoms with van der Waals surface area (Å²) in [6.07, 6.45) is -0.873. The van der Waals surface area contributed by atoms with E-state index in [0.717, 1.165) is 18.7 Å². The summed E-state index contributed by atoms with van der Waals surface area (Å²) in [5.41, 5.74) is 1.08. The highest BCUT2D eigenvalue weighted by Gasteiger charge is 2.39. The molecule has 144 valence electrons. The van der Waals surface area contributed by atoms with Crippen molar-refractivity contribution in [3.63, 3.8) is 0 Å². The molecule has 7 heteroatoms. The van der Waals surface area contributed by atoms with Gasteiger partial charge in [0, 0.05) is 26.4 Å². The Morgan fingerprint density at radius 3 is 2.54 bits per heavy atom. The molecule has 0 aromatic heterocycles. The molecule has 3 atom stereocenters. The van der Waals surface area contributed by atoms with E-state index in [1.165, 1.54) is 6.92 Å². The van der Waals surface area contributed by atoms with Crippen molar-refractivity contribution in [2.24, 2.45) is 0 Å². The van der Waals surface area contributed by atoms with E-state index in [2.05, 4.69) is 0 Å². The van der Waals surface area contributed by atoms with E-state index in [1.807, 2.05) is 49.1 Å². The third kappa shape index (κ3) is 6.23. The largest absolute Gasteiger partial charge is 0.464 e. The zero-order chi connectivity index (χ0) is 18.9. The van der Waals surface area contributed by atoms with Gasteiger partial charge in [-0.3, -0.25) is 4.79 Å². The predicted octanol–water partition coefficient (Wildman–Crippen LogP) is 2.89. The number of carbonyl (C=O) groups is 1. The van der Waals surface area contributed by atoms with Crippen LogP contribution in [0.2, 0.25) is 0 Å². The van der Waals surface area contributed by atoms with Crippen LogP contribution in [0.1, 0.15) is 32.8 Å². The second kappa shape index (κ2) is 10.4. The number of benzene rings is 1. The monoisotopic (exact) mass is 381 g/mol. The standard InChI is InChI=1S/C19H27NO5S/c1-4-20(5-2)19(26)25-16-11-18(23-14(3)21)24-17(16)13-22-12-15-9-7-6-8-10-15/h6-10,16-18H,4-5,11-13H2,1-3H3/t16-,17+,18?/m0/s1. The van der Waals surface area contributed by atoms with Gasteiger partial charge in [0.2, 0.25) is 6.29 Å². The molecule has 0 amide bonds. The molecule has 0 bridgehead atoms. The molecule has 1 fully saturated rings. The summed E-state index contributed by atoms with van der Waals surface area (Å²) in [5.74, 6) is -0.383. The number of ether oxygens (including phenoxy) is 4. The first-order valence-electron chi connectivity index (χ1n) is 8.93. The van der Waals surface area contributed by atoms with Crippen molar-refractivity contribution in [2.75, 3.05) is 19.7 Å². The Hall–Kier alpha value is -1.70. The third-order valence-corrected chi connectivity index (χ3v) is 4.49. The fourth-order valence-corrected chi connectivity index (χ4v) is 3.15. The van der Waals surface area contributed by atoms with Crippen LogP contribution in [-0.2, 0) is 30.3 Å². The number of esters is 1. The van der Waals surface area contributed by atoms with Crippen molar-refractivity contribution in [1.82, 2.24) is 4.90 Å². The Morgan fingerprint density at radius 2 is 1.92 bits per heavy atom. The zero-order valence-electron chi connectivity index (χ0n) is 15.6. The Labute approximate surface area is 160 Å². The first kappa shape index (κ1) is 20.6. The Kier molecular flexibility index (Phi) is 8.28. The Morgan fingerprint density at radius 1 is 1.23 bits per heavy atom. The number of nitrogens with zero attached hydrogens (tertiary/aromatic N) is 1. The van der Waals surface area contributed by atoms with E-state index in [1.54, 1.807) is 0 Å². The quantitative estimate of drug-likeness (QED) is 0.507. The summed E-state index contributed by atoms with van der Waals surface area (Å²) in [6, 6.07) is 9.90. The smallest absolute Gasteiger partial charge is 0.304 e. The number of hydrogen-bond donors (Lipinski definition) is 0. The van der Waals surface area contributed by atoms with Crippen LogP contribution < -0.4 is 0 Å². The van der Waals surface area contributed by atoms with Gasteiger partial charge in [-0.1, -0.05) is 30.3 Å². The van der Waals surface area contributed by atoms with Crippen molar-refractivity contribution < 1.29 is 23.7 Å². The summed E-state index contributed by atoms with van der Waals surface area (Å²) in [5, 5.41) is 0.431. The van der Waals surface area contributed by atoms with Crippen LogP contribution in [0, 0.1) is 0 Å². The fourth-order valence-electron chi connectivity index (χ4n) is 2.76. The molecule has 26 heavy (non-hydrogen) atoms. The van der Waals surface area contributed by atoms with Crippen molar-refractivity contribution in [3.05, 3.63) is 35.9 Å². The summed E-state index contributed by atoms with van der Waals surface area (Å²) in [7, 11) is 0. The molecule has 0 N–H and O–H groups in total. The molecule has 1 aliphatic rings. The zero-order valence-corrected chi connectivity index (χ0v) is 16.4. The topological polar surface area (TPSA) is 57.2 Å². The number of rotatable bonds is 8. The molecule has 0 saturated carbocycles. The summed E-state index contributed by atoms with van der Waals surface area (Å²) >= 11 is 5.38. The molecule has 1 aromatic carbocycles. The van der Waals surface area contributed by atoms with Gasteiger partial charge in [0.15, 0.2) is 0 Å². The maximum absolute atomic E-state index is 11.2. The van der Waals surface area contributed by atoms with Gasteiger partial charge in [-0.05, 0) is 31.6 Å². The van der Waals surface area contributed by atoms with E-state index in [-0.39, 0.29) is 18.2 Å². The SMILES string of the molecule is CCN(CC)C(=S)O[C@H]1CC(OC(C)=O)O[C@@H]1COCc1ccccc1. The average molecular weight is 381 g/mol. The minimum atomic E-state index is -0.637. The van der Waals surface area contributed by atoms with Crippen LogP contribution in [0.25, 0.3) is 0 Å². The first-order valence-corrected chi connectivity index (χ1v) is 9.34. The molecule has 1 saturated heterocycles. The molecule has 2 rings (SSSR count). The van der Waals surface area contributed by atoms with E-state index >= 15 is 0 Å². The maximum Gasteiger partial charge on any atom is 0.304 e. The van der Waals surface area contributed by atoms with Crippen molar-refractivity contribution in [3.8, 4) is 0 Å². The number of carbonyl (C=O) groups excluding carboxylic acids is 1. The molecular weight excluding hydrogens is 354 g/mol. The Balaban J connectivity index is 1.92. The van der Waals surface area contributed by atoms with Crippen LogP contribution in [0.5, 0.6) is 0 Å².